The number of hydrogen-bond donors (Lipinski definition) is 1. The van der Waals surface area contributed by atoms with Crippen LogP contribution in [-0.4, -0.2) is 14.8 Å². The van der Waals surface area contributed by atoms with E-state index in [9.17, 15) is 22.8 Å². The first kappa shape index (κ1) is 16.4. The molecule has 0 spiro atoms. The van der Waals surface area contributed by atoms with Crippen molar-refractivity contribution in [3.05, 3.63) is 59.5 Å². The third-order valence-electron chi connectivity index (χ3n) is 3.42. The highest BCUT2D eigenvalue weighted by Gasteiger charge is 2.31. The van der Waals surface area contributed by atoms with E-state index in [1.54, 1.807) is 0 Å². The minimum Gasteiger partial charge on any atom is -0.382 e. The van der Waals surface area contributed by atoms with Crippen molar-refractivity contribution in [1.82, 2.24) is 14.8 Å². The van der Waals surface area contributed by atoms with Gasteiger partial charge in [0.15, 0.2) is 5.82 Å². The van der Waals surface area contributed by atoms with Gasteiger partial charge in [-0.3, -0.25) is 0 Å². The molecular formula is C16H9F4N5. The maximum Gasteiger partial charge on any atom is 0.417 e. The van der Waals surface area contributed by atoms with E-state index in [2.05, 4.69) is 10.1 Å². The number of benzene rings is 1. The van der Waals surface area contributed by atoms with Crippen LogP contribution < -0.4 is 5.73 Å². The molecule has 0 aliphatic rings. The zero-order valence-electron chi connectivity index (χ0n) is 12.4. The van der Waals surface area contributed by atoms with Crippen molar-refractivity contribution in [1.29, 1.82) is 5.26 Å². The molecular weight excluding hydrogens is 338 g/mol. The number of rotatable bonds is 2. The fourth-order valence-electron chi connectivity index (χ4n) is 2.23. The molecule has 126 valence electrons. The second kappa shape index (κ2) is 5.90. The lowest BCUT2D eigenvalue weighted by molar-refractivity contribution is -0.137. The summed E-state index contributed by atoms with van der Waals surface area (Å²) in [7, 11) is 0. The van der Waals surface area contributed by atoms with Crippen molar-refractivity contribution < 1.29 is 17.6 Å². The lowest BCUT2D eigenvalue weighted by Crippen LogP contribution is -2.08. The standard InChI is InChI=1S/C16H9F4N5/c17-11-3-1-2-9(6-11)14-12(7-21)15(22)25(24-14)13-5-4-10(8-23-13)16(18,19)20/h1-6,8H,22H2. The number of nitrogens with zero attached hydrogens (tertiary/aromatic N) is 4. The van der Waals surface area contributed by atoms with Gasteiger partial charge >= 0.3 is 6.18 Å². The molecule has 0 radical (unpaired) electrons. The van der Waals surface area contributed by atoms with Crippen LogP contribution in [0.4, 0.5) is 23.4 Å². The van der Waals surface area contributed by atoms with Crippen LogP contribution in [0.5, 0.6) is 0 Å². The second-order valence-electron chi connectivity index (χ2n) is 5.05. The molecule has 2 N–H and O–H groups in total. The topological polar surface area (TPSA) is 80.5 Å². The first-order chi connectivity index (χ1) is 11.8. The van der Waals surface area contributed by atoms with Crippen molar-refractivity contribution in [3.8, 4) is 23.1 Å². The fourth-order valence-corrected chi connectivity index (χ4v) is 2.23. The van der Waals surface area contributed by atoms with E-state index in [1.807, 2.05) is 6.07 Å². The minimum absolute atomic E-state index is 0.00431. The van der Waals surface area contributed by atoms with Gasteiger partial charge in [0.2, 0.25) is 0 Å². The molecule has 25 heavy (non-hydrogen) atoms. The Morgan fingerprint density at radius 3 is 2.48 bits per heavy atom. The lowest BCUT2D eigenvalue weighted by atomic mass is 10.1. The molecule has 2 heterocycles. The Morgan fingerprint density at radius 1 is 1.16 bits per heavy atom. The molecule has 3 aromatic rings. The van der Waals surface area contributed by atoms with Gasteiger partial charge in [0.05, 0.1) is 5.56 Å². The van der Waals surface area contributed by atoms with Crippen molar-refractivity contribution in [2.45, 2.75) is 6.18 Å². The van der Waals surface area contributed by atoms with Gasteiger partial charge in [-0.15, -0.1) is 0 Å². The fraction of sp³-hybridized carbons (Fsp3) is 0.0625. The third-order valence-corrected chi connectivity index (χ3v) is 3.42. The zero-order valence-corrected chi connectivity index (χ0v) is 12.4. The smallest absolute Gasteiger partial charge is 0.382 e. The van der Waals surface area contributed by atoms with Gasteiger partial charge in [0.1, 0.15) is 29.0 Å². The Morgan fingerprint density at radius 2 is 1.92 bits per heavy atom. The molecule has 0 fully saturated rings. The number of nitriles is 1. The van der Waals surface area contributed by atoms with E-state index < -0.39 is 17.6 Å². The van der Waals surface area contributed by atoms with Crippen LogP contribution in [-0.2, 0) is 6.18 Å². The quantitative estimate of drug-likeness (QED) is 0.719. The number of aromatic nitrogens is 3. The van der Waals surface area contributed by atoms with Crippen molar-refractivity contribution in [2.24, 2.45) is 0 Å². The SMILES string of the molecule is N#Cc1c(-c2cccc(F)c2)nn(-c2ccc(C(F)(F)F)cn2)c1N. The van der Waals surface area contributed by atoms with E-state index in [1.165, 1.54) is 24.3 Å². The maximum atomic E-state index is 13.4. The number of nitrogen functional groups attached to an aromatic ring is 1. The van der Waals surface area contributed by atoms with E-state index in [4.69, 9.17) is 5.73 Å². The Balaban J connectivity index is 2.11. The summed E-state index contributed by atoms with van der Waals surface area (Å²) in [4.78, 5) is 3.69. The molecule has 0 unspecified atom stereocenters. The first-order valence-electron chi connectivity index (χ1n) is 6.89. The Labute approximate surface area is 138 Å². The highest BCUT2D eigenvalue weighted by Crippen LogP contribution is 2.31. The molecule has 5 nitrogen and oxygen atoms in total. The van der Waals surface area contributed by atoms with Crippen molar-refractivity contribution in [3.63, 3.8) is 0 Å². The summed E-state index contributed by atoms with van der Waals surface area (Å²) >= 11 is 0. The van der Waals surface area contributed by atoms with Gasteiger partial charge in [-0.2, -0.15) is 28.2 Å². The van der Waals surface area contributed by atoms with Crippen LogP contribution in [0.3, 0.4) is 0 Å². The van der Waals surface area contributed by atoms with Gasteiger partial charge in [0, 0.05) is 11.8 Å². The Hall–Kier alpha value is -3.41. The number of halogens is 4. The van der Waals surface area contributed by atoms with Crippen LogP contribution in [0.25, 0.3) is 17.1 Å². The molecule has 2 aromatic heterocycles. The summed E-state index contributed by atoms with van der Waals surface area (Å²) in [6.45, 7) is 0. The van der Waals surface area contributed by atoms with Gasteiger partial charge < -0.3 is 5.73 Å². The number of anilines is 1. The molecule has 1 aromatic carbocycles. The summed E-state index contributed by atoms with van der Waals surface area (Å²) in [6.07, 6.45) is -3.88. The molecule has 0 atom stereocenters. The monoisotopic (exact) mass is 347 g/mol. The largest absolute Gasteiger partial charge is 0.417 e. The molecule has 0 bridgehead atoms. The van der Waals surface area contributed by atoms with E-state index in [-0.39, 0.29) is 22.9 Å². The molecule has 9 heteroatoms. The van der Waals surface area contributed by atoms with E-state index in [0.29, 0.717) is 11.8 Å². The molecule has 0 saturated heterocycles. The van der Waals surface area contributed by atoms with Gasteiger partial charge in [-0.05, 0) is 24.3 Å². The first-order valence-corrected chi connectivity index (χ1v) is 6.89. The number of pyridine rings is 1. The predicted octanol–water partition coefficient (Wildman–Crippen LogP) is 3.55. The van der Waals surface area contributed by atoms with E-state index in [0.717, 1.165) is 16.8 Å². The molecule has 0 aliphatic heterocycles. The molecule has 3 rings (SSSR count). The third kappa shape index (κ3) is 3.01. The predicted molar refractivity (Wildman–Crippen MR) is 80.9 cm³/mol. The maximum absolute atomic E-state index is 13.4. The summed E-state index contributed by atoms with van der Waals surface area (Å²) in [6, 6.07) is 9.17. The van der Waals surface area contributed by atoms with Crippen LogP contribution in [0.2, 0.25) is 0 Å². The number of nitrogens with two attached hydrogens (primary N) is 1. The summed E-state index contributed by atoms with van der Waals surface area (Å²) in [5.74, 6) is -0.624. The van der Waals surface area contributed by atoms with Crippen molar-refractivity contribution >= 4 is 5.82 Å². The Kier molecular flexibility index (Phi) is 3.88. The highest BCUT2D eigenvalue weighted by atomic mass is 19.4. The normalized spacial score (nSPS) is 11.3. The van der Waals surface area contributed by atoms with Crippen LogP contribution in [0, 0.1) is 17.1 Å². The summed E-state index contributed by atoms with van der Waals surface area (Å²) in [5, 5.41) is 13.4. The van der Waals surface area contributed by atoms with Gasteiger partial charge in [0.25, 0.3) is 0 Å². The molecule has 0 amide bonds. The van der Waals surface area contributed by atoms with Gasteiger partial charge in [-0.25, -0.2) is 9.37 Å². The second-order valence-corrected chi connectivity index (χ2v) is 5.05. The zero-order chi connectivity index (χ0) is 18.2. The van der Waals surface area contributed by atoms with Crippen LogP contribution in [0.1, 0.15) is 11.1 Å². The Bertz CT molecular complexity index is 968. The van der Waals surface area contributed by atoms with Crippen LogP contribution in [0.15, 0.2) is 42.6 Å². The lowest BCUT2D eigenvalue weighted by Gasteiger charge is -2.07. The number of alkyl halides is 3. The van der Waals surface area contributed by atoms with Gasteiger partial charge in [-0.1, -0.05) is 12.1 Å². The summed E-state index contributed by atoms with van der Waals surface area (Å²) < 4.78 is 52.3. The van der Waals surface area contributed by atoms with E-state index >= 15 is 0 Å². The average Bonchev–Trinajstić information content (AvgIpc) is 2.91. The number of hydrogen-bond acceptors (Lipinski definition) is 4. The summed E-state index contributed by atoms with van der Waals surface area (Å²) in [5.41, 5.74) is 5.35. The van der Waals surface area contributed by atoms with Crippen LogP contribution >= 0.6 is 0 Å². The van der Waals surface area contributed by atoms with Crippen molar-refractivity contribution in [2.75, 3.05) is 5.73 Å². The highest BCUT2D eigenvalue weighted by molar-refractivity contribution is 5.73. The molecule has 0 aliphatic carbocycles. The molecule has 0 saturated carbocycles. The average molecular weight is 347 g/mol. The minimum atomic E-state index is -4.52.